The summed E-state index contributed by atoms with van der Waals surface area (Å²) in [6.45, 7) is 2.42. The lowest BCUT2D eigenvalue weighted by atomic mass is 10.1. The minimum absolute atomic E-state index is 0.212. The van der Waals surface area contributed by atoms with Crippen molar-refractivity contribution in [3.8, 4) is 0 Å². The molecule has 20 heavy (non-hydrogen) atoms. The predicted molar refractivity (Wildman–Crippen MR) is 76.9 cm³/mol. The lowest BCUT2D eigenvalue weighted by Crippen LogP contribution is -2.20. The smallest absolute Gasteiger partial charge is 0.340 e. The van der Waals surface area contributed by atoms with E-state index in [1.807, 2.05) is 37.3 Å². The monoisotopic (exact) mass is 274 g/mol. The van der Waals surface area contributed by atoms with E-state index in [0.717, 1.165) is 5.69 Å². The minimum atomic E-state index is -1.24. The fraction of sp³-hybridized carbons (Fsp3) is 0.133. The lowest BCUT2D eigenvalue weighted by molar-refractivity contribution is 0.0698. The third kappa shape index (κ3) is 2.42. The van der Waals surface area contributed by atoms with Crippen molar-refractivity contribution in [2.24, 2.45) is 0 Å². The van der Waals surface area contributed by atoms with E-state index in [0.29, 0.717) is 12.2 Å². The second kappa shape index (κ2) is 5.61. The molecule has 0 aliphatic carbocycles. The van der Waals surface area contributed by atoms with Crippen molar-refractivity contribution < 1.29 is 14.3 Å². The van der Waals surface area contributed by atoms with Gasteiger partial charge in [0.2, 0.25) is 0 Å². The van der Waals surface area contributed by atoms with Crippen LogP contribution in [0.3, 0.4) is 0 Å². The Balaban J connectivity index is 2.61. The molecule has 0 amide bonds. The van der Waals surface area contributed by atoms with Crippen LogP contribution in [0.4, 0.5) is 21.5 Å². The summed E-state index contributed by atoms with van der Waals surface area (Å²) in [5.74, 6) is -1.97. The molecule has 0 bridgehead atoms. The molecule has 2 rings (SSSR count). The van der Waals surface area contributed by atoms with E-state index in [4.69, 9.17) is 5.73 Å². The van der Waals surface area contributed by atoms with E-state index in [9.17, 15) is 14.3 Å². The molecule has 0 unspecified atom stereocenters. The average molecular weight is 274 g/mol. The van der Waals surface area contributed by atoms with Crippen molar-refractivity contribution in [2.75, 3.05) is 17.2 Å². The first kappa shape index (κ1) is 13.9. The molecule has 0 aromatic heterocycles. The Morgan fingerprint density at radius 1 is 1.25 bits per heavy atom. The fourth-order valence-electron chi connectivity index (χ4n) is 2.13. The Kier molecular flexibility index (Phi) is 3.89. The lowest BCUT2D eigenvalue weighted by Gasteiger charge is -2.25. The Bertz CT molecular complexity index is 629. The number of carboxylic acid groups (broad SMARTS) is 1. The van der Waals surface area contributed by atoms with Gasteiger partial charge in [0.15, 0.2) is 0 Å². The van der Waals surface area contributed by atoms with Gasteiger partial charge in [0.1, 0.15) is 11.4 Å². The molecular formula is C15H15FN2O2. The van der Waals surface area contributed by atoms with Gasteiger partial charge in [-0.3, -0.25) is 0 Å². The molecule has 0 spiro atoms. The number of hydrogen-bond donors (Lipinski definition) is 2. The van der Waals surface area contributed by atoms with Gasteiger partial charge in [-0.2, -0.15) is 0 Å². The molecule has 2 aromatic rings. The van der Waals surface area contributed by atoms with E-state index < -0.39 is 11.8 Å². The van der Waals surface area contributed by atoms with Crippen molar-refractivity contribution >= 4 is 23.0 Å². The van der Waals surface area contributed by atoms with Crippen LogP contribution in [-0.2, 0) is 0 Å². The number of nitrogens with zero attached hydrogens (tertiary/aromatic N) is 1. The van der Waals surface area contributed by atoms with Gasteiger partial charge in [-0.05, 0) is 31.2 Å². The molecule has 4 nitrogen and oxygen atoms in total. The quantitative estimate of drug-likeness (QED) is 0.840. The van der Waals surface area contributed by atoms with Gasteiger partial charge in [0.05, 0.1) is 11.4 Å². The van der Waals surface area contributed by atoms with E-state index in [-0.39, 0.29) is 11.3 Å². The van der Waals surface area contributed by atoms with Crippen LogP contribution in [-0.4, -0.2) is 17.6 Å². The second-order valence-corrected chi connectivity index (χ2v) is 4.24. The highest BCUT2D eigenvalue weighted by Gasteiger charge is 2.21. The molecule has 3 N–H and O–H groups in total. The van der Waals surface area contributed by atoms with Crippen molar-refractivity contribution in [3.63, 3.8) is 0 Å². The second-order valence-electron chi connectivity index (χ2n) is 4.24. The topological polar surface area (TPSA) is 66.6 Å². The number of para-hydroxylation sites is 1. The zero-order chi connectivity index (χ0) is 14.7. The van der Waals surface area contributed by atoms with E-state index in [1.54, 1.807) is 4.90 Å². The number of nitrogen functional groups attached to an aromatic ring is 1. The van der Waals surface area contributed by atoms with Gasteiger partial charge in [-0.1, -0.05) is 18.2 Å². The van der Waals surface area contributed by atoms with Crippen LogP contribution in [0.5, 0.6) is 0 Å². The predicted octanol–water partition coefficient (Wildman–Crippen LogP) is 3.26. The highest BCUT2D eigenvalue weighted by Crippen LogP contribution is 2.32. The summed E-state index contributed by atoms with van der Waals surface area (Å²) in [5.41, 5.74) is 6.22. The Morgan fingerprint density at radius 3 is 2.45 bits per heavy atom. The van der Waals surface area contributed by atoms with Crippen LogP contribution in [0.25, 0.3) is 0 Å². The molecule has 0 saturated carbocycles. The van der Waals surface area contributed by atoms with Crippen molar-refractivity contribution in [3.05, 3.63) is 53.8 Å². The maximum Gasteiger partial charge on any atom is 0.340 e. The van der Waals surface area contributed by atoms with Crippen LogP contribution in [0.1, 0.15) is 17.3 Å². The highest BCUT2D eigenvalue weighted by atomic mass is 19.1. The van der Waals surface area contributed by atoms with Gasteiger partial charge < -0.3 is 15.7 Å². The number of anilines is 3. The highest BCUT2D eigenvalue weighted by molar-refractivity contribution is 6.01. The number of aromatic carboxylic acids is 1. The van der Waals surface area contributed by atoms with Crippen LogP contribution >= 0.6 is 0 Å². The third-order valence-corrected chi connectivity index (χ3v) is 3.06. The standard InChI is InChI=1S/C15H15FN2O2/c1-2-18(10-6-4-3-5-7-10)12-9-8-11(16)14(17)13(12)15(19)20/h3-9H,2,17H2,1H3,(H,19,20). The summed E-state index contributed by atoms with van der Waals surface area (Å²) in [4.78, 5) is 13.2. The molecular weight excluding hydrogens is 259 g/mol. The first-order valence-electron chi connectivity index (χ1n) is 6.20. The Morgan fingerprint density at radius 2 is 1.90 bits per heavy atom. The molecule has 104 valence electrons. The summed E-state index contributed by atoms with van der Waals surface area (Å²) in [6.07, 6.45) is 0. The number of rotatable bonds is 4. The van der Waals surface area contributed by atoms with Crippen molar-refractivity contribution in [1.29, 1.82) is 0 Å². The Labute approximate surface area is 116 Å². The third-order valence-electron chi connectivity index (χ3n) is 3.06. The van der Waals surface area contributed by atoms with Crippen LogP contribution < -0.4 is 10.6 Å². The summed E-state index contributed by atoms with van der Waals surface area (Å²) < 4.78 is 13.5. The summed E-state index contributed by atoms with van der Waals surface area (Å²) in [7, 11) is 0. The first-order chi connectivity index (χ1) is 9.56. The number of halogens is 1. The Hall–Kier alpha value is -2.56. The van der Waals surface area contributed by atoms with Gasteiger partial charge >= 0.3 is 5.97 Å². The number of benzene rings is 2. The largest absolute Gasteiger partial charge is 0.478 e. The van der Waals surface area contributed by atoms with E-state index >= 15 is 0 Å². The van der Waals surface area contributed by atoms with Crippen molar-refractivity contribution in [2.45, 2.75) is 6.92 Å². The molecule has 0 fully saturated rings. The maximum atomic E-state index is 13.5. The molecule has 0 saturated heterocycles. The maximum absolute atomic E-state index is 13.5. The molecule has 0 heterocycles. The zero-order valence-corrected chi connectivity index (χ0v) is 11.0. The summed E-state index contributed by atoms with van der Waals surface area (Å²) in [5, 5.41) is 9.29. The van der Waals surface area contributed by atoms with E-state index in [1.165, 1.54) is 12.1 Å². The number of nitrogens with two attached hydrogens (primary N) is 1. The average Bonchev–Trinajstić information content (AvgIpc) is 2.44. The van der Waals surface area contributed by atoms with Crippen LogP contribution in [0.15, 0.2) is 42.5 Å². The molecule has 2 aromatic carbocycles. The normalized spacial score (nSPS) is 10.3. The molecule has 0 atom stereocenters. The molecule has 0 radical (unpaired) electrons. The van der Waals surface area contributed by atoms with Crippen LogP contribution in [0.2, 0.25) is 0 Å². The SMILES string of the molecule is CCN(c1ccccc1)c1ccc(F)c(N)c1C(=O)O. The molecule has 0 aliphatic rings. The van der Waals surface area contributed by atoms with Crippen LogP contribution in [0, 0.1) is 5.82 Å². The van der Waals surface area contributed by atoms with Gasteiger partial charge in [0, 0.05) is 12.2 Å². The number of carboxylic acids is 1. The zero-order valence-electron chi connectivity index (χ0n) is 11.0. The number of hydrogen-bond acceptors (Lipinski definition) is 3. The van der Waals surface area contributed by atoms with Crippen molar-refractivity contribution in [1.82, 2.24) is 0 Å². The molecule has 0 aliphatic heterocycles. The minimum Gasteiger partial charge on any atom is -0.478 e. The number of carbonyl (C=O) groups is 1. The van der Waals surface area contributed by atoms with Gasteiger partial charge in [-0.15, -0.1) is 0 Å². The van der Waals surface area contributed by atoms with Gasteiger partial charge in [0.25, 0.3) is 0 Å². The van der Waals surface area contributed by atoms with E-state index in [2.05, 4.69) is 0 Å². The molecule has 5 heteroatoms. The fourth-order valence-corrected chi connectivity index (χ4v) is 2.13. The summed E-state index contributed by atoms with van der Waals surface area (Å²) in [6, 6.07) is 11.9. The first-order valence-corrected chi connectivity index (χ1v) is 6.20. The summed E-state index contributed by atoms with van der Waals surface area (Å²) >= 11 is 0. The van der Waals surface area contributed by atoms with Gasteiger partial charge in [-0.25, -0.2) is 9.18 Å².